The van der Waals surface area contributed by atoms with Crippen LogP contribution in [-0.2, 0) is 43.9 Å². The summed E-state index contributed by atoms with van der Waals surface area (Å²) < 4.78 is 42.9. The number of aliphatic hydroxyl groups excluding tert-OH is 1. The van der Waals surface area contributed by atoms with E-state index in [1.165, 1.54) is 16.3 Å². The molecule has 306 valence electrons. The average Bonchev–Trinajstić information content (AvgIpc) is 3.26. The maximum absolute atomic E-state index is 13.7. The summed E-state index contributed by atoms with van der Waals surface area (Å²) in [7, 11) is -1.84. The maximum Gasteiger partial charge on any atom is 0.241 e. The van der Waals surface area contributed by atoms with E-state index in [-0.39, 0.29) is 48.6 Å². The molecule has 0 spiro atoms. The van der Waals surface area contributed by atoms with Crippen LogP contribution in [0.1, 0.15) is 71.2 Å². The van der Waals surface area contributed by atoms with Crippen LogP contribution in [0.5, 0.6) is 0 Å². The molecule has 1 heterocycles. The molecule has 1 aliphatic rings. The zero-order valence-corrected chi connectivity index (χ0v) is 34.8. The Morgan fingerprint density at radius 2 is 1.41 bits per heavy atom. The number of rotatable bonds is 15. The average molecular weight is 812 g/mol. The van der Waals surface area contributed by atoms with Crippen molar-refractivity contribution in [1.29, 1.82) is 0 Å². The van der Waals surface area contributed by atoms with Gasteiger partial charge in [0.2, 0.25) is 15.9 Å². The van der Waals surface area contributed by atoms with Crippen LogP contribution in [0.15, 0.2) is 150 Å². The molecule has 0 aromatic heterocycles. The summed E-state index contributed by atoms with van der Waals surface area (Å²) in [5.41, 5.74) is 6.53. The van der Waals surface area contributed by atoms with Gasteiger partial charge in [-0.1, -0.05) is 140 Å². The van der Waals surface area contributed by atoms with Gasteiger partial charge in [-0.05, 0) is 84.1 Å². The van der Waals surface area contributed by atoms with Crippen LogP contribution < -0.4 is 10.0 Å². The highest BCUT2D eigenvalue weighted by molar-refractivity contribution is 7.89. The number of carbonyl (C=O) groups is 1. The normalized spacial score (nSPS) is 19.4. The first kappa shape index (κ1) is 41.9. The van der Waals surface area contributed by atoms with Gasteiger partial charge in [-0.25, -0.2) is 8.42 Å². The molecule has 3 N–H and O–H groups in total. The van der Waals surface area contributed by atoms with Gasteiger partial charge >= 0.3 is 0 Å². The molecular formula is C49H53N3O6S. The Labute approximate surface area is 348 Å². The fourth-order valence-electron chi connectivity index (χ4n) is 7.61. The third-order valence-corrected chi connectivity index (χ3v) is 12.9. The minimum Gasteiger partial charge on any atom is -0.392 e. The number of ether oxygens (including phenoxy) is 2. The molecule has 6 aromatic rings. The Morgan fingerprint density at radius 1 is 0.763 bits per heavy atom. The van der Waals surface area contributed by atoms with Gasteiger partial charge < -0.3 is 19.9 Å². The van der Waals surface area contributed by atoms with Crippen LogP contribution in [0.3, 0.4) is 0 Å². The molecule has 10 heteroatoms. The molecule has 0 radical (unpaired) electrons. The first-order valence-electron chi connectivity index (χ1n) is 20.2. The number of hydrogen-bond acceptors (Lipinski definition) is 7. The molecule has 0 aliphatic carbocycles. The van der Waals surface area contributed by atoms with Crippen molar-refractivity contribution in [2.45, 2.75) is 75.8 Å². The van der Waals surface area contributed by atoms with Crippen LogP contribution in [0.4, 0.5) is 0 Å². The molecule has 0 bridgehead atoms. The molecule has 0 saturated carbocycles. The Kier molecular flexibility index (Phi) is 13.4. The second-order valence-corrected chi connectivity index (χ2v) is 17.4. The summed E-state index contributed by atoms with van der Waals surface area (Å²) >= 11 is 0. The summed E-state index contributed by atoms with van der Waals surface area (Å²) in [4.78, 5) is 16.1. The zero-order chi connectivity index (χ0) is 41.5. The van der Waals surface area contributed by atoms with Crippen molar-refractivity contribution in [3.05, 3.63) is 185 Å². The van der Waals surface area contributed by atoms with E-state index in [0.717, 1.165) is 33.4 Å². The van der Waals surface area contributed by atoms with Gasteiger partial charge in [-0.2, -0.15) is 4.72 Å². The second kappa shape index (κ2) is 18.8. The van der Waals surface area contributed by atoms with Crippen LogP contribution in [-0.4, -0.2) is 50.1 Å². The molecule has 1 aliphatic heterocycles. The Balaban J connectivity index is 1.06. The van der Waals surface area contributed by atoms with Gasteiger partial charge in [0.05, 0.1) is 23.7 Å². The van der Waals surface area contributed by atoms with Crippen molar-refractivity contribution in [2.24, 2.45) is 5.92 Å². The topological polar surface area (TPSA) is 117 Å². The molecule has 59 heavy (non-hydrogen) atoms. The SMILES string of the molecule is Cc1ccc(S(=O)(=O)N[C@H](Cc2ccccc2)C(=O)NCc2ccc([C@@H]3O[C@H](CN(C)[C@H](C)c4ccc5ccccc5c4)[C@H](C)[C@H](c4ccc(CO)cc4)O3)cc2)cc1. The lowest BCUT2D eigenvalue weighted by Crippen LogP contribution is -2.47. The monoisotopic (exact) mass is 811 g/mol. The molecular weight excluding hydrogens is 759 g/mol. The van der Waals surface area contributed by atoms with E-state index >= 15 is 0 Å². The lowest BCUT2D eigenvalue weighted by atomic mass is 9.89. The number of carbonyl (C=O) groups excluding carboxylic acids is 1. The Bertz CT molecular complexity index is 2430. The molecule has 0 unspecified atom stereocenters. The van der Waals surface area contributed by atoms with Gasteiger partial charge in [-0.3, -0.25) is 9.69 Å². The summed E-state index contributed by atoms with van der Waals surface area (Å²) in [6.07, 6.45) is -0.904. The van der Waals surface area contributed by atoms with E-state index in [2.05, 4.69) is 78.3 Å². The number of aryl methyl sites for hydroxylation is 1. The number of fused-ring (bicyclic) bond motifs is 1. The van der Waals surface area contributed by atoms with Gasteiger partial charge in [0.15, 0.2) is 6.29 Å². The number of nitrogens with one attached hydrogen (secondary N) is 2. The van der Waals surface area contributed by atoms with Crippen LogP contribution in [0.2, 0.25) is 0 Å². The lowest BCUT2D eigenvalue weighted by Gasteiger charge is -2.43. The number of sulfonamides is 1. The smallest absolute Gasteiger partial charge is 0.241 e. The number of amides is 1. The lowest BCUT2D eigenvalue weighted by molar-refractivity contribution is -0.276. The predicted octanol–water partition coefficient (Wildman–Crippen LogP) is 8.33. The Hall–Kier alpha value is -5.20. The highest BCUT2D eigenvalue weighted by atomic mass is 32.2. The van der Waals surface area contributed by atoms with Crippen LogP contribution in [0, 0.1) is 12.8 Å². The summed E-state index contributed by atoms with van der Waals surface area (Å²) in [6.45, 7) is 7.10. The number of hydrogen-bond donors (Lipinski definition) is 3. The molecule has 1 amide bonds. The van der Waals surface area contributed by atoms with Gasteiger partial charge in [0.25, 0.3) is 0 Å². The minimum absolute atomic E-state index is 0.0132. The van der Waals surface area contributed by atoms with Crippen molar-refractivity contribution >= 4 is 26.7 Å². The minimum atomic E-state index is -3.97. The summed E-state index contributed by atoms with van der Waals surface area (Å²) in [6, 6.07) is 45.7. The van der Waals surface area contributed by atoms with E-state index in [1.54, 1.807) is 24.3 Å². The molecule has 9 nitrogen and oxygen atoms in total. The number of likely N-dealkylation sites (N-methyl/N-ethyl adjacent to an activating group) is 1. The summed E-state index contributed by atoms with van der Waals surface area (Å²) in [5, 5.41) is 15.1. The third-order valence-electron chi connectivity index (χ3n) is 11.5. The van der Waals surface area contributed by atoms with Gasteiger partial charge in [-0.15, -0.1) is 0 Å². The van der Waals surface area contributed by atoms with Crippen LogP contribution >= 0.6 is 0 Å². The van der Waals surface area contributed by atoms with E-state index in [9.17, 15) is 18.3 Å². The largest absolute Gasteiger partial charge is 0.392 e. The van der Waals surface area contributed by atoms with E-state index in [4.69, 9.17) is 9.47 Å². The standard InChI is InChI=1S/C49H53N3O6S/c1-33-14-26-44(27-15-33)59(55,56)51-45(28-36-10-6-5-7-11-36)48(54)50-30-37-16-22-41(23-17-37)49-57-46(34(2)47(58-49)40-20-18-38(32-53)19-21-40)31-52(4)35(3)42-25-24-39-12-8-9-13-43(39)29-42/h5-27,29,34-35,45-47,49,51,53H,28,30-32H2,1-4H3,(H,50,54)/t34-,35+,45+,46+,47+,49+/m0/s1. The molecule has 1 saturated heterocycles. The number of aliphatic hydroxyl groups is 1. The van der Waals surface area contributed by atoms with Gasteiger partial charge in [0.1, 0.15) is 6.04 Å². The number of nitrogens with zero attached hydrogens (tertiary/aromatic N) is 1. The quantitative estimate of drug-likeness (QED) is 0.0956. The molecule has 1 fully saturated rings. The number of benzene rings is 6. The van der Waals surface area contributed by atoms with Crippen molar-refractivity contribution in [3.63, 3.8) is 0 Å². The van der Waals surface area contributed by atoms with Crippen molar-refractivity contribution in [1.82, 2.24) is 14.9 Å². The van der Waals surface area contributed by atoms with E-state index in [1.807, 2.05) is 85.8 Å². The van der Waals surface area contributed by atoms with Crippen molar-refractivity contribution in [2.75, 3.05) is 13.6 Å². The van der Waals surface area contributed by atoms with E-state index < -0.39 is 28.3 Å². The molecule has 6 atom stereocenters. The summed E-state index contributed by atoms with van der Waals surface area (Å²) in [5.74, 6) is -0.416. The maximum atomic E-state index is 13.7. The van der Waals surface area contributed by atoms with E-state index in [0.29, 0.717) is 6.54 Å². The van der Waals surface area contributed by atoms with Crippen LogP contribution in [0.25, 0.3) is 10.8 Å². The highest BCUT2D eigenvalue weighted by Gasteiger charge is 2.39. The highest BCUT2D eigenvalue weighted by Crippen LogP contribution is 2.42. The molecule has 6 aromatic carbocycles. The van der Waals surface area contributed by atoms with Gasteiger partial charge in [0, 0.05) is 30.6 Å². The Morgan fingerprint density at radius 3 is 2.10 bits per heavy atom. The van der Waals surface area contributed by atoms with Crippen molar-refractivity contribution in [3.8, 4) is 0 Å². The fourth-order valence-corrected chi connectivity index (χ4v) is 8.80. The molecule has 7 rings (SSSR count). The second-order valence-electron chi connectivity index (χ2n) is 15.7. The predicted molar refractivity (Wildman–Crippen MR) is 232 cm³/mol. The first-order valence-corrected chi connectivity index (χ1v) is 21.6. The third kappa shape index (κ3) is 10.3. The fraction of sp³-hybridized carbons (Fsp3) is 0.286. The first-order chi connectivity index (χ1) is 28.5. The van der Waals surface area contributed by atoms with Crippen molar-refractivity contribution < 1.29 is 27.8 Å². The zero-order valence-electron chi connectivity index (χ0n) is 34.0.